The van der Waals surface area contributed by atoms with Gasteiger partial charge in [-0.15, -0.1) is 10.2 Å². The van der Waals surface area contributed by atoms with Crippen molar-refractivity contribution in [2.24, 2.45) is 11.7 Å². The van der Waals surface area contributed by atoms with Gasteiger partial charge in [-0.2, -0.15) is 0 Å². The molecule has 1 aliphatic rings. The Morgan fingerprint density at radius 1 is 1.19 bits per heavy atom. The highest BCUT2D eigenvalue weighted by Gasteiger charge is 2.42. The van der Waals surface area contributed by atoms with Crippen LogP contribution in [0.25, 0.3) is 10.6 Å². The Morgan fingerprint density at radius 3 is 2.70 bits per heavy atom. The molecular formula is C21H31N3O2S. The van der Waals surface area contributed by atoms with Gasteiger partial charge in [0.2, 0.25) is 0 Å². The van der Waals surface area contributed by atoms with Crippen molar-refractivity contribution in [1.82, 2.24) is 10.2 Å². The fourth-order valence-corrected chi connectivity index (χ4v) is 4.57. The molecule has 1 aliphatic carbocycles. The van der Waals surface area contributed by atoms with Crippen LogP contribution in [0, 0.1) is 12.8 Å². The van der Waals surface area contributed by atoms with E-state index < -0.39 is 0 Å². The lowest BCUT2D eigenvalue weighted by molar-refractivity contribution is 0.0971. The zero-order valence-corrected chi connectivity index (χ0v) is 17.5. The largest absolute Gasteiger partial charge is 0.491 e. The quantitative estimate of drug-likeness (QED) is 0.597. The summed E-state index contributed by atoms with van der Waals surface area (Å²) in [6, 6.07) is 6.15. The number of ether oxygens (including phenoxy) is 2. The van der Waals surface area contributed by atoms with Gasteiger partial charge in [0.1, 0.15) is 22.4 Å². The lowest BCUT2D eigenvalue weighted by Gasteiger charge is -2.41. The summed E-state index contributed by atoms with van der Waals surface area (Å²) in [5, 5.41) is 10.6. The Kier molecular flexibility index (Phi) is 6.84. The molecule has 1 heterocycles. The van der Waals surface area contributed by atoms with E-state index in [1.54, 1.807) is 11.3 Å². The van der Waals surface area contributed by atoms with Gasteiger partial charge in [-0.05, 0) is 55.9 Å². The second-order valence-corrected chi connectivity index (χ2v) is 8.71. The monoisotopic (exact) mass is 389 g/mol. The number of aryl methyl sites for hydroxylation is 1. The van der Waals surface area contributed by atoms with Crippen molar-refractivity contribution < 1.29 is 9.47 Å². The van der Waals surface area contributed by atoms with Crippen molar-refractivity contribution >= 4 is 11.3 Å². The topological polar surface area (TPSA) is 70.3 Å². The van der Waals surface area contributed by atoms with Crippen LogP contribution >= 0.6 is 11.3 Å². The Bertz CT molecular complexity index is 741. The lowest BCUT2D eigenvalue weighted by atomic mass is 9.70. The Labute approximate surface area is 166 Å². The lowest BCUT2D eigenvalue weighted by Crippen LogP contribution is -2.47. The molecular weight excluding hydrogens is 358 g/mol. The third kappa shape index (κ3) is 5.06. The van der Waals surface area contributed by atoms with Crippen LogP contribution in [0.3, 0.4) is 0 Å². The second kappa shape index (κ2) is 9.13. The highest BCUT2D eigenvalue weighted by Crippen LogP contribution is 2.45. The second-order valence-electron chi connectivity index (χ2n) is 7.73. The average Bonchev–Trinajstić information content (AvgIpc) is 3.11. The first-order valence-corrected chi connectivity index (χ1v) is 10.8. The van der Waals surface area contributed by atoms with Gasteiger partial charge in [-0.3, -0.25) is 0 Å². The SMILES string of the molecule is CCCCCOCCOc1ccc(-c2nnc(C3(N)CC(C)C3)s2)cc1C. The number of unbranched alkanes of at least 4 members (excludes halogenated alkanes) is 2. The molecule has 1 fully saturated rings. The van der Waals surface area contributed by atoms with E-state index in [4.69, 9.17) is 15.2 Å². The minimum Gasteiger partial charge on any atom is -0.491 e. The third-order valence-electron chi connectivity index (χ3n) is 5.08. The van der Waals surface area contributed by atoms with Crippen molar-refractivity contribution in [2.75, 3.05) is 19.8 Å². The van der Waals surface area contributed by atoms with E-state index in [1.165, 1.54) is 12.8 Å². The van der Waals surface area contributed by atoms with Gasteiger partial charge >= 0.3 is 0 Å². The molecule has 0 atom stereocenters. The zero-order valence-electron chi connectivity index (χ0n) is 16.7. The first-order valence-electron chi connectivity index (χ1n) is 9.96. The molecule has 0 bridgehead atoms. The number of hydrogen-bond acceptors (Lipinski definition) is 6. The maximum Gasteiger partial charge on any atom is 0.147 e. The van der Waals surface area contributed by atoms with Gasteiger partial charge in [0, 0.05) is 12.2 Å². The molecule has 1 aromatic carbocycles. The molecule has 2 aromatic rings. The molecule has 0 amide bonds. The molecule has 5 nitrogen and oxygen atoms in total. The van der Waals surface area contributed by atoms with Gasteiger partial charge in [0.25, 0.3) is 0 Å². The van der Waals surface area contributed by atoms with E-state index in [0.29, 0.717) is 19.1 Å². The molecule has 1 aromatic heterocycles. The summed E-state index contributed by atoms with van der Waals surface area (Å²) in [6.07, 6.45) is 5.55. The van der Waals surface area contributed by atoms with E-state index in [2.05, 4.69) is 37.0 Å². The van der Waals surface area contributed by atoms with Crippen LogP contribution in [0.1, 0.15) is 56.5 Å². The van der Waals surface area contributed by atoms with Crippen LogP contribution in [0.4, 0.5) is 0 Å². The molecule has 3 rings (SSSR count). The molecule has 148 valence electrons. The van der Waals surface area contributed by atoms with E-state index in [-0.39, 0.29) is 5.54 Å². The van der Waals surface area contributed by atoms with Gasteiger partial charge in [-0.1, -0.05) is 38.0 Å². The summed E-state index contributed by atoms with van der Waals surface area (Å²) < 4.78 is 11.4. The average molecular weight is 390 g/mol. The summed E-state index contributed by atoms with van der Waals surface area (Å²) in [7, 11) is 0. The third-order valence-corrected chi connectivity index (χ3v) is 6.27. The van der Waals surface area contributed by atoms with Gasteiger partial charge in [0.15, 0.2) is 0 Å². The minimum absolute atomic E-state index is 0.273. The standard InChI is InChI=1S/C21H31N3O2S/c1-4-5-6-9-25-10-11-26-18-8-7-17(12-16(18)3)19-23-24-20(27-19)21(22)13-15(2)14-21/h7-8,12,15H,4-6,9-11,13-14,22H2,1-3H3. The van der Waals surface area contributed by atoms with E-state index in [1.807, 2.05) is 12.1 Å². The Morgan fingerprint density at radius 2 is 2.00 bits per heavy atom. The van der Waals surface area contributed by atoms with E-state index in [9.17, 15) is 0 Å². The summed E-state index contributed by atoms with van der Waals surface area (Å²) in [5.41, 5.74) is 8.33. The summed E-state index contributed by atoms with van der Waals surface area (Å²) in [5.74, 6) is 1.57. The molecule has 0 radical (unpaired) electrons. The van der Waals surface area contributed by atoms with Crippen LogP contribution in [-0.2, 0) is 10.3 Å². The van der Waals surface area contributed by atoms with Crippen LogP contribution in [0.5, 0.6) is 5.75 Å². The fraction of sp³-hybridized carbons (Fsp3) is 0.619. The number of benzene rings is 1. The summed E-state index contributed by atoms with van der Waals surface area (Å²) >= 11 is 1.61. The predicted molar refractivity (Wildman–Crippen MR) is 110 cm³/mol. The molecule has 27 heavy (non-hydrogen) atoms. The molecule has 0 unspecified atom stereocenters. The fourth-order valence-electron chi connectivity index (χ4n) is 3.61. The van der Waals surface area contributed by atoms with Crippen LogP contribution in [-0.4, -0.2) is 30.0 Å². The number of rotatable bonds is 10. The van der Waals surface area contributed by atoms with E-state index in [0.717, 1.165) is 52.8 Å². The van der Waals surface area contributed by atoms with Crippen molar-refractivity contribution in [2.45, 2.75) is 58.4 Å². The molecule has 1 saturated carbocycles. The van der Waals surface area contributed by atoms with Crippen LogP contribution in [0.2, 0.25) is 0 Å². The highest BCUT2D eigenvalue weighted by atomic mass is 32.1. The van der Waals surface area contributed by atoms with Crippen molar-refractivity contribution in [3.8, 4) is 16.3 Å². The van der Waals surface area contributed by atoms with Crippen LogP contribution < -0.4 is 10.5 Å². The zero-order chi connectivity index (χ0) is 19.3. The maximum atomic E-state index is 6.44. The van der Waals surface area contributed by atoms with Crippen molar-refractivity contribution in [3.05, 3.63) is 28.8 Å². The summed E-state index contributed by atoms with van der Waals surface area (Å²) in [4.78, 5) is 0. The first kappa shape index (κ1) is 20.2. The van der Waals surface area contributed by atoms with Gasteiger partial charge < -0.3 is 15.2 Å². The molecule has 2 N–H and O–H groups in total. The normalized spacial score (nSPS) is 21.9. The smallest absolute Gasteiger partial charge is 0.147 e. The Balaban J connectivity index is 1.53. The Hall–Kier alpha value is -1.50. The van der Waals surface area contributed by atoms with Gasteiger partial charge in [0.05, 0.1) is 12.1 Å². The number of nitrogens with zero attached hydrogens (tertiary/aromatic N) is 2. The summed E-state index contributed by atoms with van der Waals surface area (Å²) in [6.45, 7) is 8.49. The minimum atomic E-state index is -0.273. The van der Waals surface area contributed by atoms with Gasteiger partial charge in [-0.25, -0.2) is 0 Å². The maximum absolute atomic E-state index is 6.44. The molecule has 0 spiro atoms. The van der Waals surface area contributed by atoms with E-state index >= 15 is 0 Å². The molecule has 0 saturated heterocycles. The predicted octanol–water partition coefficient (Wildman–Crippen LogP) is 4.68. The molecule has 0 aliphatic heterocycles. The first-order chi connectivity index (χ1) is 13.0. The highest BCUT2D eigenvalue weighted by molar-refractivity contribution is 7.14. The number of aromatic nitrogens is 2. The van der Waals surface area contributed by atoms with Crippen molar-refractivity contribution in [3.63, 3.8) is 0 Å². The molecule has 6 heteroatoms. The number of nitrogens with two attached hydrogens (primary N) is 1. The van der Waals surface area contributed by atoms with Crippen LogP contribution in [0.15, 0.2) is 18.2 Å². The van der Waals surface area contributed by atoms with Crippen molar-refractivity contribution in [1.29, 1.82) is 0 Å². The number of hydrogen-bond donors (Lipinski definition) is 1.